The number of nitrogens with one attached hydrogen (secondary N) is 1. The van der Waals surface area contributed by atoms with E-state index < -0.39 is 0 Å². The predicted molar refractivity (Wildman–Crippen MR) is 78.2 cm³/mol. The minimum absolute atomic E-state index is 0.139. The Balaban J connectivity index is 2.03. The smallest absolute Gasteiger partial charge is 0.272 e. The largest absolute Gasteiger partial charge is 0.497 e. The molecule has 0 aromatic heterocycles. The van der Waals surface area contributed by atoms with Gasteiger partial charge >= 0.3 is 0 Å². The lowest BCUT2D eigenvalue weighted by atomic mass is 10.1. The number of rotatable bonds is 5. The fourth-order valence-corrected chi connectivity index (χ4v) is 1.92. The number of nitrogens with zero attached hydrogens (tertiary/aromatic N) is 1. The average molecular weight is 272 g/mol. The fraction of sp³-hybridized carbons (Fsp3) is 0.200. The summed E-state index contributed by atoms with van der Waals surface area (Å²) in [6, 6.07) is 12.8. The molecule has 5 heteroatoms. The van der Waals surface area contributed by atoms with Gasteiger partial charge in [-0.1, -0.05) is 12.1 Å². The van der Waals surface area contributed by atoms with Crippen LogP contribution in [-0.4, -0.2) is 12.0 Å². The van der Waals surface area contributed by atoms with Gasteiger partial charge in [-0.2, -0.15) is 0 Å². The molecule has 0 saturated carbocycles. The molecule has 20 heavy (non-hydrogen) atoms. The van der Waals surface area contributed by atoms with Gasteiger partial charge in [-0.3, -0.25) is 10.1 Å². The van der Waals surface area contributed by atoms with Gasteiger partial charge in [0.25, 0.3) is 5.69 Å². The number of methoxy groups -OCH3 is 1. The molecule has 0 heterocycles. The van der Waals surface area contributed by atoms with Gasteiger partial charge in [0.2, 0.25) is 0 Å². The molecule has 104 valence electrons. The van der Waals surface area contributed by atoms with Gasteiger partial charge in [0.15, 0.2) is 0 Å². The van der Waals surface area contributed by atoms with Gasteiger partial charge in [-0.05, 0) is 36.8 Å². The topological polar surface area (TPSA) is 64.4 Å². The SMILES string of the molecule is COc1ccc(CNc2ccc([N+](=O)[O-])c(C)c2)cc1. The molecule has 0 aliphatic rings. The van der Waals surface area contributed by atoms with Crippen LogP contribution in [0.15, 0.2) is 42.5 Å². The molecule has 0 amide bonds. The number of benzene rings is 2. The van der Waals surface area contributed by atoms with Crippen molar-refractivity contribution in [3.63, 3.8) is 0 Å². The zero-order chi connectivity index (χ0) is 14.5. The maximum atomic E-state index is 10.7. The van der Waals surface area contributed by atoms with E-state index in [-0.39, 0.29) is 10.6 Å². The van der Waals surface area contributed by atoms with Crippen molar-refractivity contribution in [3.05, 3.63) is 63.7 Å². The number of nitro groups is 1. The molecule has 5 nitrogen and oxygen atoms in total. The first-order chi connectivity index (χ1) is 9.60. The molecule has 2 aromatic carbocycles. The van der Waals surface area contributed by atoms with E-state index in [0.717, 1.165) is 17.0 Å². The van der Waals surface area contributed by atoms with E-state index in [1.165, 1.54) is 6.07 Å². The zero-order valence-corrected chi connectivity index (χ0v) is 11.4. The summed E-state index contributed by atoms with van der Waals surface area (Å²) in [5, 5.41) is 14.0. The summed E-state index contributed by atoms with van der Waals surface area (Å²) in [4.78, 5) is 10.4. The molecule has 0 aliphatic heterocycles. The molecule has 0 bridgehead atoms. The van der Waals surface area contributed by atoms with Crippen molar-refractivity contribution < 1.29 is 9.66 Å². The number of aryl methyl sites for hydroxylation is 1. The molecule has 0 saturated heterocycles. The third kappa shape index (κ3) is 3.26. The van der Waals surface area contributed by atoms with Crippen LogP contribution in [0.3, 0.4) is 0 Å². The lowest BCUT2D eigenvalue weighted by molar-refractivity contribution is -0.385. The fourth-order valence-electron chi connectivity index (χ4n) is 1.92. The number of anilines is 1. The van der Waals surface area contributed by atoms with E-state index in [2.05, 4.69) is 5.32 Å². The van der Waals surface area contributed by atoms with Crippen LogP contribution < -0.4 is 10.1 Å². The van der Waals surface area contributed by atoms with E-state index in [1.54, 1.807) is 26.2 Å². The quantitative estimate of drug-likeness (QED) is 0.668. The Kier molecular flexibility index (Phi) is 4.20. The van der Waals surface area contributed by atoms with Gasteiger partial charge in [0.1, 0.15) is 5.75 Å². The molecule has 0 atom stereocenters. The maximum absolute atomic E-state index is 10.7. The van der Waals surface area contributed by atoms with Crippen molar-refractivity contribution in [1.82, 2.24) is 0 Å². The first kappa shape index (κ1) is 13.9. The highest BCUT2D eigenvalue weighted by Crippen LogP contribution is 2.22. The van der Waals surface area contributed by atoms with Crippen LogP contribution in [0.25, 0.3) is 0 Å². The Labute approximate surface area is 117 Å². The lowest BCUT2D eigenvalue weighted by Gasteiger charge is -2.08. The first-order valence-corrected chi connectivity index (χ1v) is 6.22. The van der Waals surface area contributed by atoms with E-state index >= 15 is 0 Å². The second kappa shape index (κ2) is 6.06. The molecule has 0 radical (unpaired) electrons. The number of nitro benzene ring substituents is 1. The molecule has 1 N–H and O–H groups in total. The van der Waals surface area contributed by atoms with Crippen molar-refractivity contribution in [2.24, 2.45) is 0 Å². The highest BCUT2D eigenvalue weighted by molar-refractivity contribution is 5.53. The van der Waals surface area contributed by atoms with E-state index in [9.17, 15) is 10.1 Å². The molecule has 0 aliphatic carbocycles. The monoisotopic (exact) mass is 272 g/mol. The second-order valence-corrected chi connectivity index (χ2v) is 4.46. The number of ether oxygens (including phenoxy) is 1. The Bertz CT molecular complexity index is 609. The number of hydrogen-bond acceptors (Lipinski definition) is 4. The summed E-state index contributed by atoms with van der Waals surface area (Å²) >= 11 is 0. The summed E-state index contributed by atoms with van der Waals surface area (Å²) < 4.78 is 5.10. The van der Waals surface area contributed by atoms with Crippen molar-refractivity contribution in [2.75, 3.05) is 12.4 Å². The average Bonchev–Trinajstić information content (AvgIpc) is 2.45. The highest BCUT2D eigenvalue weighted by Gasteiger charge is 2.09. The maximum Gasteiger partial charge on any atom is 0.272 e. The Morgan fingerprint density at radius 3 is 2.45 bits per heavy atom. The van der Waals surface area contributed by atoms with Crippen LogP contribution >= 0.6 is 0 Å². The normalized spacial score (nSPS) is 10.1. The first-order valence-electron chi connectivity index (χ1n) is 6.22. The third-order valence-corrected chi connectivity index (χ3v) is 3.05. The van der Waals surface area contributed by atoms with E-state index in [0.29, 0.717) is 12.1 Å². The van der Waals surface area contributed by atoms with Crippen LogP contribution in [0.1, 0.15) is 11.1 Å². The van der Waals surface area contributed by atoms with Gasteiger partial charge in [0.05, 0.1) is 12.0 Å². The minimum Gasteiger partial charge on any atom is -0.497 e. The lowest BCUT2D eigenvalue weighted by Crippen LogP contribution is -2.00. The Morgan fingerprint density at radius 1 is 1.20 bits per heavy atom. The van der Waals surface area contributed by atoms with Crippen molar-refractivity contribution >= 4 is 11.4 Å². The van der Waals surface area contributed by atoms with Crippen LogP contribution in [0, 0.1) is 17.0 Å². The molecule has 0 fully saturated rings. The highest BCUT2D eigenvalue weighted by atomic mass is 16.6. The van der Waals surface area contributed by atoms with Gasteiger partial charge < -0.3 is 10.1 Å². The standard InChI is InChI=1S/C15H16N2O3/c1-11-9-13(5-8-15(11)17(18)19)16-10-12-3-6-14(20-2)7-4-12/h3-9,16H,10H2,1-2H3. The van der Waals surface area contributed by atoms with Crippen molar-refractivity contribution in [1.29, 1.82) is 0 Å². The molecule has 0 unspecified atom stereocenters. The molecular formula is C15H16N2O3. The van der Waals surface area contributed by atoms with Gasteiger partial charge in [-0.25, -0.2) is 0 Å². The van der Waals surface area contributed by atoms with Crippen LogP contribution in [0.5, 0.6) is 5.75 Å². The van der Waals surface area contributed by atoms with Crippen molar-refractivity contribution in [2.45, 2.75) is 13.5 Å². The molecular weight excluding hydrogens is 256 g/mol. The van der Waals surface area contributed by atoms with Gasteiger partial charge in [0, 0.05) is 23.9 Å². The van der Waals surface area contributed by atoms with E-state index in [4.69, 9.17) is 4.74 Å². The summed E-state index contributed by atoms with van der Waals surface area (Å²) in [5.74, 6) is 0.819. The molecule has 2 rings (SSSR count). The molecule has 2 aromatic rings. The Hall–Kier alpha value is -2.56. The Morgan fingerprint density at radius 2 is 1.90 bits per heavy atom. The van der Waals surface area contributed by atoms with E-state index in [1.807, 2.05) is 24.3 Å². The van der Waals surface area contributed by atoms with Crippen LogP contribution in [-0.2, 0) is 6.54 Å². The van der Waals surface area contributed by atoms with Crippen LogP contribution in [0.2, 0.25) is 0 Å². The summed E-state index contributed by atoms with van der Waals surface area (Å²) in [6.07, 6.45) is 0. The summed E-state index contributed by atoms with van der Waals surface area (Å²) in [6.45, 7) is 2.39. The zero-order valence-electron chi connectivity index (χ0n) is 11.4. The van der Waals surface area contributed by atoms with Crippen molar-refractivity contribution in [3.8, 4) is 5.75 Å². The van der Waals surface area contributed by atoms with Gasteiger partial charge in [-0.15, -0.1) is 0 Å². The second-order valence-electron chi connectivity index (χ2n) is 4.46. The number of hydrogen-bond donors (Lipinski definition) is 1. The summed E-state index contributed by atoms with van der Waals surface area (Å²) in [5.41, 5.74) is 2.76. The minimum atomic E-state index is -0.372. The molecule has 0 spiro atoms. The third-order valence-electron chi connectivity index (χ3n) is 3.05. The van der Waals surface area contributed by atoms with Crippen LogP contribution in [0.4, 0.5) is 11.4 Å². The predicted octanol–water partition coefficient (Wildman–Crippen LogP) is 3.52. The summed E-state index contributed by atoms with van der Waals surface area (Å²) in [7, 11) is 1.63.